The Hall–Kier alpha value is -3.49. The molecule has 0 aliphatic rings. The molecular formula is C18H14F5N7O2S. The van der Waals surface area contributed by atoms with E-state index in [9.17, 15) is 30.4 Å². The van der Waals surface area contributed by atoms with Crippen LogP contribution < -0.4 is 0 Å². The molecular weight excluding hydrogens is 473 g/mol. The van der Waals surface area contributed by atoms with E-state index in [0.29, 0.717) is 4.68 Å². The third kappa shape index (κ3) is 4.15. The van der Waals surface area contributed by atoms with Crippen LogP contribution in [0, 0.1) is 0 Å². The summed E-state index contributed by atoms with van der Waals surface area (Å²) in [5, 5.41) is 7.72. The topological polar surface area (TPSA) is 108 Å². The van der Waals surface area contributed by atoms with Gasteiger partial charge in [0.2, 0.25) is 0 Å². The number of hydrogen-bond donors (Lipinski definition) is 0. The quantitative estimate of drug-likeness (QED) is 0.385. The molecule has 174 valence electrons. The van der Waals surface area contributed by atoms with E-state index in [1.807, 2.05) is 0 Å². The fourth-order valence-corrected chi connectivity index (χ4v) is 4.02. The normalized spacial score (nSPS) is 13.0. The maximum Gasteiger partial charge on any atom is 0.455 e. The van der Waals surface area contributed by atoms with Gasteiger partial charge in [0, 0.05) is 5.39 Å². The van der Waals surface area contributed by atoms with Crippen LogP contribution in [0.5, 0.6) is 0 Å². The van der Waals surface area contributed by atoms with Crippen LogP contribution in [0.2, 0.25) is 0 Å². The van der Waals surface area contributed by atoms with Gasteiger partial charge in [-0.05, 0) is 18.2 Å². The second-order valence-electron chi connectivity index (χ2n) is 6.89. The predicted molar refractivity (Wildman–Crippen MR) is 104 cm³/mol. The summed E-state index contributed by atoms with van der Waals surface area (Å²) in [5.41, 5.74) is -0.0752. The number of aromatic nitrogens is 7. The second kappa shape index (κ2) is 7.83. The monoisotopic (exact) mass is 487 g/mol. The third-order valence-corrected chi connectivity index (χ3v) is 6.51. The Balaban J connectivity index is 1.83. The molecule has 0 atom stereocenters. The van der Waals surface area contributed by atoms with Crippen molar-refractivity contribution in [3.8, 4) is 17.2 Å². The van der Waals surface area contributed by atoms with E-state index in [0.717, 1.165) is 12.4 Å². The van der Waals surface area contributed by atoms with E-state index in [1.54, 1.807) is 0 Å². The Bertz CT molecular complexity index is 1420. The van der Waals surface area contributed by atoms with Crippen LogP contribution in [-0.4, -0.2) is 60.8 Å². The molecule has 4 heterocycles. The van der Waals surface area contributed by atoms with Gasteiger partial charge in [-0.2, -0.15) is 32.1 Å². The Morgan fingerprint density at radius 2 is 1.82 bits per heavy atom. The molecule has 0 unspecified atom stereocenters. The van der Waals surface area contributed by atoms with Gasteiger partial charge in [-0.1, -0.05) is 6.92 Å². The Labute approximate surface area is 182 Å². The molecule has 4 aromatic rings. The minimum absolute atomic E-state index is 0.0416. The van der Waals surface area contributed by atoms with E-state index in [1.165, 1.54) is 42.5 Å². The molecule has 0 radical (unpaired) electrons. The molecule has 0 aromatic carbocycles. The number of sulfone groups is 1. The fourth-order valence-electron chi connectivity index (χ4n) is 2.99. The number of fused-ring (bicyclic) bond motifs is 1. The minimum atomic E-state index is -5.74. The molecule has 0 saturated carbocycles. The van der Waals surface area contributed by atoms with Crippen molar-refractivity contribution in [2.75, 3.05) is 5.75 Å². The zero-order valence-electron chi connectivity index (χ0n) is 16.7. The van der Waals surface area contributed by atoms with Crippen molar-refractivity contribution in [2.45, 2.75) is 30.5 Å². The Morgan fingerprint density at radius 1 is 1.06 bits per heavy atom. The molecule has 4 aromatic heterocycles. The highest BCUT2D eigenvalue weighted by Gasteiger charge is 2.57. The molecule has 0 N–H and O–H groups in total. The zero-order valence-corrected chi connectivity index (χ0v) is 17.5. The largest absolute Gasteiger partial charge is 0.455 e. The molecule has 0 saturated heterocycles. The van der Waals surface area contributed by atoms with Crippen LogP contribution >= 0.6 is 0 Å². The van der Waals surface area contributed by atoms with E-state index < -0.39 is 28.5 Å². The molecule has 0 fully saturated rings. The van der Waals surface area contributed by atoms with Gasteiger partial charge < -0.3 is 0 Å². The van der Waals surface area contributed by atoms with E-state index >= 15 is 0 Å². The number of halogens is 5. The van der Waals surface area contributed by atoms with Crippen molar-refractivity contribution in [1.82, 2.24) is 34.5 Å². The Morgan fingerprint density at radius 3 is 2.45 bits per heavy atom. The zero-order chi connectivity index (χ0) is 24.0. The van der Waals surface area contributed by atoms with E-state index in [2.05, 4.69) is 25.1 Å². The first-order chi connectivity index (χ1) is 15.4. The number of rotatable bonds is 6. The summed E-state index contributed by atoms with van der Waals surface area (Å²) in [6.07, 6.45) is -1.01. The average molecular weight is 487 g/mol. The average Bonchev–Trinajstić information content (AvgIpc) is 3.42. The summed E-state index contributed by atoms with van der Waals surface area (Å²) in [4.78, 5) is 12.1. The van der Waals surface area contributed by atoms with Crippen LogP contribution in [0.4, 0.5) is 22.0 Å². The Kier molecular flexibility index (Phi) is 5.38. The highest BCUT2D eigenvalue weighted by molar-refractivity contribution is 7.91. The number of pyridine rings is 2. The maximum atomic E-state index is 13.5. The lowest BCUT2D eigenvalue weighted by molar-refractivity contribution is -0.287. The van der Waals surface area contributed by atoms with Gasteiger partial charge in [-0.25, -0.2) is 23.1 Å². The lowest BCUT2D eigenvalue weighted by atomic mass is 10.2. The predicted octanol–water partition coefficient (Wildman–Crippen LogP) is 3.07. The molecule has 0 spiro atoms. The first-order valence-electron chi connectivity index (χ1n) is 9.28. The first kappa shape index (κ1) is 22.7. The van der Waals surface area contributed by atoms with Crippen molar-refractivity contribution in [3.05, 3.63) is 43.2 Å². The fraction of sp³-hybridized carbons (Fsp3) is 0.278. The summed E-state index contributed by atoms with van der Waals surface area (Å²) in [6.45, 7) is -0.275. The van der Waals surface area contributed by atoms with Crippen molar-refractivity contribution >= 4 is 20.7 Å². The number of nitrogens with zero attached hydrogens (tertiary/aromatic N) is 7. The van der Waals surface area contributed by atoms with E-state index in [4.69, 9.17) is 0 Å². The minimum Gasteiger partial charge on any atom is -0.257 e. The van der Waals surface area contributed by atoms with Gasteiger partial charge in [-0.3, -0.25) is 9.67 Å². The smallest absolute Gasteiger partial charge is 0.257 e. The van der Waals surface area contributed by atoms with Crippen LogP contribution in [0.15, 0.2) is 48.1 Å². The molecule has 9 nitrogen and oxygen atoms in total. The van der Waals surface area contributed by atoms with E-state index in [-0.39, 0.29) is 38.8 Å². The summed E-state index contributed by atoms with van der Waals surface area (Å²) >= 11 is 0. The van der Waals surface area contributed by atoms with Gasteiger partial charge in [-0.15, -0.1) is 0 Å². The SMILES string of the molecule is CCS(=O)(=O)c1ccc(-n2cncn2)nc1-c1cc2cnn(CC(F)(F)C(F)(F)F)c2cn1. The lowest BCUT2D eigenvalue weighted by Gasteiger charge is -2.19. The maximum absolute atomic E-state index is 13.5. The second-order valence-corrected chi connectivity index (χ2v) is 9.14. The highest BCUT2D eigenvalue weighted by Crippen LogP contribution is 2.37. The third-order valence-electron chi connectivity index (χ3n) is 4.75. The van der Waals surface area contributed by atoms with Crippen molar-refractivity contribution in [1.29, 1.82) is 0 Å². The standard InChI is InChI=1S/C18H14F5N7O2S/c1-2-33(31,32)14-3-4-15(30-10-24-9-27-30)28-16(14)12-5-11-6-26-29(13(11)7-25-12)8-17(19,20)18(21,22)23/h3-7,9-10H,2,8H2,1H3. The summed E-state index contributed by atoms with van der Waals surface area (Å²) in [6, 6.07) is 4.07. The molecule has 4 rings (SSSR count). The van der Waals surface area contributed by atoms with Crippen LogP contribution in [0.25, 0.3) is 28.1 Å². The van der Waals surface area contributed by atoms with Crippen LogP contribution in [0.1, 0.15) is 6.92 Å². The van der Waals surface area contributed by atoms with Crippen molar-refractivity contribution in [2.24, 2.45) is 0 Å². The van der Waals surface area contributed by atoms with Crippen LogP contribution in [-0.2, 0) is 16.4 Å². The van der Waals surface area contributed by atoms with Crippen LogP contribution in [0.3, 0.4) is 0 Å². The van der Waals surface area contributed by atoms with Gasteiger partial charge >= 0.3 is 12.1 Å². The van der Waals surface area contributed by atoms with Gasteiger partial charge in [0.15, 0.2) is 15.7 Å². The van der Waals surface area contributed by atoms with Crippen molar-refractivity contribution < 1.29 is 30.4 Å². The molecule has 0 aliphatic carbocycles. The number of alkyl halides is 5. The van der Waals surface area contributed by atoms with Crippen molar-refractivity contribution in [3.63, 3.8) is 0 Å². The van der Waals surface area contributed by atoms with Gasteiger partial charge in [0.1, 0.15) is 24.9 Å². The van der Waals surface area contributed by atoms with Gasteiger partial charge in [0.05, 0.1) is 34.3 Å². The highest BCUT2D eigenvalue weighted by atomic mass is 32.2. The summed E-state index contributed by atoms with van der Waals surface area (Å²) in [7, 11) is -3.74. The molecule has 33 heavy (non-hydrogen) atoms. The summed E-state index contributed by atoms with van der Waals surface area (Å²) in [5.74, 6) is -4.99. The molecule has 0 amide bonds. The summed E-state index contributed by atoms with van der Waals surface area (Å²) < 4.78 is 91.6. The first-order valence-corrected chi connectivity index (χ1v) is 10.9. The number of hydrogen-bond acceptors (Lipinski definition) is 7. The molecule has 0 aliphatic heterocycles. The van der Waals surface area contributed by atoms with Gasteiger partial charge in [0.25, 0.3) is 0 Å². The lowest BCUT2D eigenvalue weighted by Crippen LogP contribution is -2.40. The molecule has 15 heteroatoms. The molecule has 0 bridgehead atoms.